The number of benzene rings is 2. The van der Waals surface area contributed by atoms with Gasteiger partial charge in [0.1, 0.15) is 11.9 Å². The Labute approximate surface area is 137 Å². The molecule has 4 nitrogen and oxygen atoms in total. The number of ketones is 1. The summed E-state index contributed by atoms with van der Waals surface area (Å²) in [5, 5.41) is 0. The Kier molecular flexibility index (Phi) is 6.78. The fraction of sp³-hybridized carbons (Fsp3) is 0.316. The summed E-state index contributed by atoms with van der Waals surface area (Å²) in [6.07, 6.45) is -0.555. The van der Waals surface area contributed by atoms with Gasteiger partial charge in [0.15, 0.2) is 5.78 Å². The molecule has 122 valence electrons. The van der Waals surface area contributed by atoms with Crippen LogP contribution in [0.15, 0.2) is 54.6 Å². The summed E-state index contributed by atoms with van der Waals surface area (Å²) in [6, 6.07) is 17.4. The maximum absolute atomic E-state index is 11.7. The summed E-state index contributed by atoms with van der Waals surface area (Å²) in [7, 11) is 1.63. The summed E-state index contributed by atoms with van der Waals surface area (Å²) in [5.74, 6) is 0.759. The van der Waals surface area contributed by atoms with Gasteiger partial charge in [0, 0.05) is 0 Å². The zero-order valence-corrected chi connectivity index (χ0v) is 13.5. The molecular weight excluding hydrogens is 292 g/mol. The Bertz CT molecular complexity index is 593. The molecule has 0 N–H and O–H groups in total. The van der Waals surface area contributed by atoms with E-state index in [4.69, 9.17) is 14.2 Å². The molecule has 0 saturated carbocycles. The third-order valence-corrected chi connectivity index (χ3v) is 3.44. The molecule has 0 saturated heterocycles. The number of methoxy groups -OCH3 is 1. The first kappa shape index (κ1) is 17.2. The van der Waals surface area contributed by atoms with Crippen molar-refractivity contribution in [3.63, 3.8) is 0 Å². The van der Waals surface area contributed by atoms with Crippen molar-refractivity contribution in [3.05, 3.63) is 65.7 Å². The van der Waals surface area contributed by atoms with Gasteiger partial charge in [0.25, 0.3) is 0 Å². The van der Waals surface area contributed by atoms with Crippen molar-refractivity contribution < 1.29 is 19.0 Å². The summed E-state index contributed by atoms with van der Waals surface area (Å²) in [4.78, 5) is 11.7. The van der Waals surface area contributed by atoms with Crippen LogP contribution in [0.2, 0.25) is 0 Å². The van der Waals surface area contributed by atoms with E-state index in [0.29, 0.717) is 13.2 Å². The predicted molar refractivity (Wildman–Crippen MR) is 88.4 cm³/mol. The molecule has 0 fully saturated rings. The molecule has 0 heterocycles. The van der Waals surface area contributed by atoms with Gasteiger partial charge < -0.3 is 14.2 Å². The van der Waals surface area contributed by atoms with Crippen molar-refractivity contribution in [2.45, 2.75) is 26.2 Å². The van der Waals surface area contributed by atoms with Crippen molar-refractivity contribution >= 4 is 5.78 Å². The van der Waals surface area contributed by atoms with Gasteiger partial charge in [-0.1, -0.05) is 42.5 Å². The van der Waals surface area contributed by atoms with Crippen LogP contribution < -0.4 is 4.74 Å². The monoisotopic (exact) mass is 314 g/mol. The zero-order chi connectivity index (χ0) is 16.5. The largest absolute Gasteiger partial charge is 0.497 e. The molecule has 0 aliphatic rings. The molecular formula is C19H22O4. The maximum Gasteiger partial charge on any atom is 0.160 e. The van der Waals surface area contributed by atoms with E-state index in [1.165, 1.54) is 6.92 Å². The molecule has 0 aliphatic carbocycles. The number of carbonyl (C=O) groups is 1. The quantitative estimate of drug-likeness (QED) is 0.712. The average Bonchev–Trinajstić information content (AvgIpc) is 2.59. The number of carbonyl (C=O) groups excluding carboxylic acids is 1. The summed E-state index contributed by atoms with van der Waals surface area (Å²) >= 11 is 0. The van der Waals surface area contributed by atoms with Gasteiger partial charge in [-0.25, -0.2) is 0 Å². The Morgan fingerprint density at radius 2 is 1.61 bits per heavy atom. The van der Waals surface area contributed by atoms with E-state index in [-0.39, 0.29) is 12.4 Å². The van der Waals surface area contributed by atoms with Crippen LogP contribution in [0.25, 0.3) is 0 Å². The summed E-state index contributed by atoms with van der Waals surface area (Å²) in [5.41, 5.74) is 2.06. The van der Waals surface area contributed by atoms with Crippen LogP contribution in [0, 0.1) is 0 Å². The molecule has 1 atom stereocenters. The smallest absolute Gasteiger partial charge is 0.160 e. The van der Waals surface area contributed by atoms with Gasteiger partial charge in [0.2, 0.25) is 0 Å². The number of ether oxygens (including phenoxy) is 3. The van der Waals surface area contributed by atoms with E-state index in [1.807, 2.05) is 54.6 Å². The van der Waals surface area contributed by atoms with Gasteiger partial charge in [-0.2, -0.15) is 0 Å². The molecule has 0 bridgehead atoms. The first-order valence-electron chi connectivity index (χ1n) is 7.55. The molecule has 1 unspecified atom stereocenters. The minimum atomic E-state index is -0.555. The van der Waals surface area contributed by atoms with Crippen LogP contribution in [0.1, 0.15) is 18.1 Å². The lowest BCUT2D eigenvalue weighted by Crippen LogP contribution is -2.27. The van der Waals surface area contributed by atoms with Crippen LogP contribution in [-0.4, -0.2) is 25.6 Å². The SMILES string of the molecule is COc1ccc(COC(COCc2ccccc2)C(C)=O)cc1. The van der Waals surface area contributed by atoms with Crippen molar-refractivity contribution in [2.24, 2.45) is 0 Å². The van der Waals surface area contributed by atoms with E-state index >= 15 is 0 Å². The second-order valence-electron chi connectivity index (χ2n) is 5.26. The number of hydrogen-bond donors (Lipinski definition) is 0. The second kappa shape index (κ2) is 9.08. The van der Waals surface area contributed by atoms with Gasteiger partial charge >= 0.3 is 0 Å². The molecule has 2 aromatic rings. The first-order chi connectivity index (χ1) is 11.2. The highest BCUT2D eigenvalue weighted by Gasteiger charge is 2.15. The highest BCUT2D eigenvalue weighted by Crippen LogP contribution is 2.13. The molecule has 0 spiro atoms. The minimum Gasteiger partial charge on any atom is -0.497 e. The number of Topliss-reactive ketones (excluding diaryl/α,β-unsaturated/α-hetero) is 1. The Morgan fingerprint density at radius 3 is 2.22 bits per heavy atom. The van der Waals surface area contributed by atoms with E-state index in [9.17, 15) is 4.79 Å². The third kappa shape index (κ3) is 5.85. The van der Waals surface area contributed by atoms with Gasteiger partial charge in [-0.3, -0.25) is 4.79 Å². The third-order valence-electron chi connectivity index (χ3n) is 3.44. The maximum atomic E-state index is 11.7. The Balaban J connectivity index is 1.80. The van der Waals surface area contributed by atoms with Gasteiger partial charge in [0.05, 0.1) is 26.9 Å². The van der Waals surface area contributed by atoms with Crippen LogP contribution in [0.3, 0.4) is 0 Å². The van der Waals surface area contributed by atoms with Crippen LogP contribution in [0.5, 0.6) is 5.75 Å². The van der Waals surface area contributed by atoms with E-state index in [1.54, 1.807) is 7.11 Å². The number of rotatable bonds is 9. The highest BCUT2D eigenvalue weighted by atomic mass is 16.5. The summed E-state index contributed by atoms with van der Waals surface area (Å²) < 4.78 is 16.4. The van der Waals surface area contributed by atoms with E-state index in [0.717, 1.165) is 16.9 Å². The molecule has 2 aromatic carbocycles. The standard InChI is InChI=1S/C19H22O4/c1-15(20)19(14-22-12-16-6-4-3-5-7-16)23-13-17-8-10-18(21-2)11-9-17/h3-11,19H,12-14H2,1-2H3. The average molecular weight is 314 g/mol. The fourth-order valence-corrected chi connectivity index (χ4v) is 2.06. The molecule has 4 heteroatoms. The normalized spacial score (nSPS) is 11.9. The topological polar surface area (TPSA) is 44.8 Å². The lowest BCUT2D eigenvalue weighted by Gasteiger charge is -2.15. The minimum absolute atomic E-state index is 0.0356. The van der Waals surface area contributed by atoms with Crippen molar-refractivity contribution in [1.29, 1.82) is 0 Å². The molecule has 0 aliphatic heterocycles. The molecule has 2 rings (SSSR count). The molecule has 0 aromatic heterocycles. The van der Waals surface area contributed by atoms with Crippen LogP contribution in [-0.2, 0) is 27.5 Å². The lowest BCUT2D eigenvalue weighted by atomic mass is 10.2. The van der Waals surface area contributed by atoms with Crippen molar-refractivity contribution in [2.75, 3.05) is 13.7 Å². The van der Waals surface area contributed by atoms with Crippen molar-refractivity contribution in [3.8, 4) is 5.75 Å². The van der Waals surface area contributed by atoms with Gasteiger partial charge in [-0.15, -0.1) is 0 Å². The Morgan fingerprint density at radius 1 is 0.957 bits per heavy atom. The lowest BCUT2D eigenvalue weighted by molar-refractivity contribution is -0.134. The van der Waals surface area contributed by atoms with Crippen molar-refractivity contribution in [1.82, 2.24) is 0 Å². The van der Waals surface area contributed by atoms with E-state index in [2.05, 4.69) is 0 Å². The first-order valence-corrected chi connectivity index (χ1v) is 7.55. The van der Waals surface area contributed by atoms with Gasteiger partial charge in [-0.05, 0) is 30.2 Å². The molecule has 0 radical (unpaired) electrons. The highest BCUT2D eigenvalue weighted by molar-refractivity contribution is 5.80. The van der Waals surface area contributed by atoms with Crippen LogP contribution in [0.4, 0.5) is 0 Å². The zero-order valence-electron chi connectivity index (χ0n) is 13.5. The molecule has 0 amide bonds. The summed E-state index contributed by atoms with van der Waals surface area (Å²) in [6.45, 7) is 2.60. The number of hydrogen-bond acceptors (Lipinski definition) is 4. The Hall–Kier alpha value is -2.17. The van der Waals surface area contributed by atoms with E-state index < -0.39 is 6.10 Å². The second-order valence-corrected chi connectivity index (χ2v) is 5.26. The fourth-order valence-electron chi connectivity index (χ4n) is 2.06. The van der Waals surface area contributed by atoms with Crippen LogP contribution >= 0.6 is 0 Å². The molecule has 23 heavy (non-hydrogen) atoms. The predicted octanol–water partition coefficient (Wildman–Crippen LogP) is 3.39.